The molecule has 1 aromatic carbocycles. The predicted octanol–water partition coefficient (Wildman–Crippen LogP) is 3.29. The van der Waals surface area contributed by atoms with Gasteiger partial charge in [-0.3, -0.25) is 0 Å². The van der Waals surface area contributed by atoms with Crippen LogP contribution in [0.5, 0.6) is 0 Å². The minimum Gasteiger partial charge on any atom is -0.379 e. The molecule has 0 radical (unpaired) electrons. The zero-order chi connectivity index (χ0) is 15.5. The van der Waals surface area contributed by atoms with E-state index in [1.54, 1.807) is 25.3 Å². The second-order valence-corrected chi connectivity index (χ2v) is 4.32. The number of anilines is 1. The number of nitrogens with one attached hydrogen (secondary N) is 1. The molecule has 0 atom stereocenters. The number of nitrogens with zero attached hydrogens (tertiary/aromatic N) is 3. The van der Waals surface area contributed by atoms with Gasteiger partial charge in [0.25, 0.3) is 0 Å². The van der Waals surface area contributed by atoms with Gasteiger partial charge in [0.15, 0.2) is 0 Å². The third-order valence-corrected chi connectivity index (χ3v) is 2.75. The molecule has 0 unspecified atom stereocenters. The van der Waals surface area contributed by atoms with Gasteiger partial charge in [-0.2, -0.15) is 18.4 Å². The lowest BCUT2D eigenvalue weighted by atomic mass is 10.1. The Kier molecular flexibility index (Phi) is 4.08. The molecule has 0 saturated heterocycles. The zero-order valence-corrected chi connectivity index (χ0v) is 11.1. The van der Waals surface area contributed by atoms with Gasteiger partial charge in [-0.25, -0.2) is 9.97 Å². The van der Waals surface area contributed by atoms with Gasteiger partial charge >= 0.3 is 6.18 Å². The second-order valence-electron chi connectivity index (χ2n) is 4.32. The molecular formula is C14H11F3N4. The average Bonchev–Trinajstić information content (AvgIpc) is 2.44. The maximum absolute atomic E-state index is 12.7. The van der Waals surface area contributed by atoms with Crippen LogP contribution in [0.15, 0.2) is 30.5 Å². The number of nitriles is 1. The Labute approximate surface area is 119 Å². The van der Waals surface area contributed by atoms with Crippen molar-refractivity contribution in [2.24, 2.45) is 0 Å². The summed E-state index contributed by atoms with van der Waals surface area (Å²) in [6.45, 7) is 2.08. The highest BCUT2D eigenvalue weighted by atomic mass is 19.4. The molecule has 0 aliphatic heterocycles. The van der Waals surface area contributed by atoms with Crippen LogP contribution >= 0.6 is 0 Å². The number of hydrogen-bond donors (Lipinski definition) is 1. The van der Waals surface area contributed by atoms with Crippen LogP contribution in [0.2, 0.25) is 0 Å². The zero-order valence-electron chi connectivity index (χ0n) is 11.1. The van der Waals surface area contributed by atoms with Gasteiger partial charge in [0.2, 0.25) is 0 Å². The van der Waals surface area contributed by atoms with Gasteiger partial charge in [-0.15, -0.1) is 0 Å². The molecule has 108 valence electrons. The van der Waals surface area contributed by atoms with Crippen molar-refractivity contribution in [2.75, 3.05) is 5.32 Å². The first-order chi connectivity index (χ1) is 9.90. The van der Waals surface area contributed by atoms with Gasteiger partial charge in [0.1, 0.15) is 5.82 Å². The van der Waals surface area contributed by atoms with Crippen molar-refractivity contribution in [3.05, 3.63) is 53.1 Å². The van der Waals surface area contributed by atoms with E-state index in [1.807, 2.05) is 0 Å². The molecule has 1 heterocycles. The van der Waals surface area contributed by atoms with Gasteiger partial charge in [-0.1, -0.05) is 0 Å². The van der Waals surface area contributed by atoms with E-state index in [9.17, 15) is 13.2 Å². The van der Waals surface area contributed by atoms with Crippen molar-refractivity contribution < 1.29 is 13.2 Å². The first-order valence-electron chi connectivity index (χ1n) is 6.04. The Morgan fingerprint density at radius 1 is 1.29 bits per heavy atom. The molecule has 0 fully saturated rings. The van der Waals surface area contributed by atoms with Crippen molar-refractivity contribution in [3.8, 4) is 6.07 Å². The molecule has 0 bridgehead atoms. The summed E-state index contributed by atoms with van der Waals surface area (Å²) < 4.78 is 38.0. The molecule has 0 saturated carbocycles. The number of benzene rings is 1. The average molecular weight is 292 g/mol. The van der Waals surface area contributed by atoms with Crippen molar-refractivity contribution >= 4 is 5.69 Å². The van der Waals surface area contributed by atoms with Gasteiger partial charge < -0.3 is 5.32 Å². The van der Waals surface area contributed by atoms with E-state index in [2.05, 4.69) is 15.3 Å². The highest BCUT2D eigenvalue weighted by Gasteiger charge is 2.33. The van der Waals surface area contributed by atoms with Crippen LogP contribution in [0.1, 0.15) is 22.6 Å². The first-order valence-corrected chi connectivity index (χ1v) is 6.04. The lowest BCUT2D eigenvalue weighted by Crippen LogP contribution is -2.09. The highest BCUT2D eigenvalue weighted by molar-refractivity contribution is 5.53. The fourth-order valence-corrected chi connectivity index (χ4v) is 1.79. The molecule has 7 heteroatoms. The Morgan fingerprint density at radius 3 is 2.67 bits per heavy atom. The van der Waals surface area contributed by atoms with E-state index in [0.717, 1.165) is 6.07 Å². The monoisotopic (exact) mass is 292 g/mol. The normalized spacial score (nSPS) is 11.0. The Hall–Kier alpha value is -2.62. The van der Waals surface area contributed by atoms with E-state index in [-0.39, 0.29) is 0 Å². The van der Waals surface area contributed by atoms with E-state index in [0.29, 0.717) is 23.8 Å². The van der Waals surface area contributed by atoms with E-state index in [1.165, 1.54) is 12.1 Å². The summed E-state index contributed by atoms with van der Waals surface area (Å²) in [6, 6.07) is 6.63. The van der Waals surface area contributed by atoms with Crippen molar-refractivity contribution in [2.45, 2.75) is 19.6 Å². The first kappa shape index (κ1) is 14.8. The van der Waals surface area contributed by atoms with Crippen LogP contribution in [0.4, 0.5) is 18.9 Å². The highest BCUT2D eigenvalue weighted by Crippen LogP contribution is 2.33. The third kappa shape index (κ3) is 3.69. The van der Waals surface area contributed by atoms with E-state index < -0.39 is 17.3 Å². The van der Waals surface area contributed by atoms with Crippen molar-refractivity contribution in [3.63, 3.8) is 0 Å². The summed E-state index contributed by atoms with van der Waals surface area (Å²) >= 11 is 0. The topological polar surface area (TPSA) is 61.6 Å². The van der Waals surface area contributed by atoms with Crippen LogP contribution in [0.25, 0.3) is 0 Å². The maximum atomic E-state index is 12.7. The third-order valence-electron chi connectivity index (χ3n) is 2.75. The van der Waals surface area contributed by atoms with Crippen LogP contribution in [0, 0.1) is 18.3 Å². The Morgan fingerprint density at radius 2 is 2.05 bits per heavy atom. The summed E-state index contributed by atoms with van der Waals surface area (Å²) in [7, 11) is 0. The molecular weight excluding hydrogens is 281 g/mol. The van der Waals surface area contributed by atoms with E-state index in [4.69, 9.17) is 5.26 Å². The number of rotatable bonds is 3. The lowest BCUT2D eigenvalue weighted by Gasteiger charge is -2.11. The largest absolute Gasteiger partial charge is 0.417 e. The lowest BCUT2D eigenvalue weighted by molar-refractivity contribution is -0.137. The molecule has 4 nitrogen and oxygen atoms in total. The van der Waals surface area contributed by atoms with Gasteiger partial charge in [0, 0.05) is 11.9 Å². The molecule has 21 heavy (non-hydrogen) atoms. The summed E-state index contributed by atoms with van der Waals surface area (Å²) in [5.74, 6) is 0.611. The minimum atomic E-state index is -4.53. The van der Waals surface area contributed by atoms with Crippen molar-refractivity contribution in [1.29, 1.82) is 5.26 Å². The Balaban J connectivity index is 2.17. The summed E-state index contributed by atoms with van der Waals surface area (Å²) in [4.78, 5) is 8.12. The molecule has 0 amide bonds. The molecule has 0 aliphatic rings. The van der Waals surface area contributed by atoms with Gasteiger partial charge in [0.05, 0.1) is 29.4 Å². The predicted molar refractivity (Wildman–Crippen MR) is 70.3 cm³/mol. The fourth-order valence-electron chi connectivity index (χ4n) is 1.79. The molecule has 1 aromatic heterocycles. The smallest absolute Gasteiger partial charge is 0.379 e. The number of alkyl halides is 3. The Bertz CT molecular complexity index is 689. The number of hydrogen-bond acceptors (Lipinski definition) is 4. The molecule has 0 spiro atoms. The number of aryl methyl sites for hydroxylation is 1. The minimum absolute atomic E-state index is 0.333. The standard InChI is InChI=1S/C14H11F3N4/c1-9-19-5-4-12(21-9)8-20-11-2-3-13(14(15,16)17)10(6-11)7-18/h2-6,20H,8H2,1H3. The van der Waals surface area contributed by atoms with E-state index >= 15 is 0 Å². The molecule has 2 rings (SSSR count). The molecule has 2 aromatic rings. The van der Waals surface area contributed by atoms with Crippen molar-refractivity contribution in [1.82, 2.24) is 9.97 Å². The van der Waals surface area contributed by atoms with Crippen LogP contribution < -0.4 is 5.32 Å². The molecule has 1 N–H and O–H groups in total. The summed E-state index contributed by atoms with van der Waals surface area (Å²) in [5.41, 5.74) is -0.212. The van der Waals surface area contributed by atoms with Crippen LogP contribution in [-0.2, 0) is 12.7 Å². The number of halogens is 3. The molecule has 0 aliphatic carbocycles. The van der Waals surface area contributed by atoms with Crippen LogP contribution in [-0.4, -0.2) is 9.97 Å². The maximum Gasteiger partial charge on any atom is 0.417 e. The fraction of sp³-hybridized carbons (Fsp3) is 0.214. The summed E-state index contributed by atoms with van der Waals surface area (Å²) in [5, 5.41) is 11.8. The quantitative estimate of drug-likeness (QED) is 0.943. The number of aromatic nitrogens is 2. The summed E-state index contributed by atoms with van der Waals surface area (Å²) in [6.07, 6.45) is -2.93. The SMILES string of the molecule is Cc1nccc(CNc2ccc(C(F)(F)F)c(C#N)c2)n1. The van der Waals surface area contributed by atoms with Crippen LogP contribution in [0.3, 0.4) is 0 Å². The van der Waals surface area contributed by atoms with Gasteiger partial charge in [-0.05, 0) is 31.2 Å². The second kappa shape index (κ2) is 5.79.